The second-order valence-corrected chi connectivity index (χ2v) is 21.2. The van der Waals surface area contributed by atoms with E-state index in [0.29, 0.717) is 6.42 Å². The second kappa shape index (κ2) is 58.9. The summed E-state index contributed by atoms with van der Waals surface area (Å²) in [6, 6.07) is -0.822. The molecule has 0 aliphatic carbocycles. The third-order valence-corrected chi connectivity index (χ3v) is 14.4. The number of hydrogen-bond donors (Lipinski definition) is 4. The summed E-state index contributed by atoms with van der Waals surface area (Å²) in [5.41, 5.74) is 0. The number of allylic oxidation sites excluding steroid dienone is 7. The molecule has 0 rings (SSSR count). The molecule has 0 fully saturated rings. The molecule has 0 aliphatic rings. The van der Waals surface area contributed by atoms with Crippen molar-refractivity contribution in [2.45, 2.75) is 347 Å². The summed E-state index contributed by atoms with van der Waals surface area (Å²) >= 11 is 0. The Hall–Kier alpha value is -1.69. The fourth-order valence-electron chi connectivity index (χ4n) is 9.57. The van der Waals surface area contributed by atoms with Crippen LogP contribution in [0.5, 0.6) is 0 Å². The van der Waals surface area contributed by atoms with E-state index >= 15 is 0 Å². The van der Waals surface area contributed by atoms with Gasteiger partial charge < -0.3 is 20.6 Å². The van der Waals surface area contributed by atoms with E-state index in [9.17, 15) is 20.1 Å². The molecule has 3 atom stereocenters. The van der Waals surface area contributed by atoms with Crippen molar-refractivity contribution in [3.8, 4) is 0 Å². The van der Waals surface area contributed by atoms with Gasteiger partial charge in [-0.1, -0.05) is 306 Å². The highest BCUT2D eigenvalue weighted by atomic mass is 16.3. The SMILES string of the molecule is CCCCCCCCCCCCC/C=C/CC/C=C/CC/C=C/C(O)C(CO)NC(=O)C(O)CCCCCCCCCCCCCCCCCC/C=C\CCCCCCCCCCCCCCCC. The lowest BCUT2D eigenvalue weighted by Gasteiger charge is -2.21. The number of hydrogen-bond acceptors (Lipinski definition) is 4. The van der Waals surface area contributed by atoms with Gasteiger partial charge in [0, 0.05) is 0 Å². The van der Waals surface area contributed by atoms with Gasteiger partial charge in [0.15, 0.2) is 0 Å². The zero-order valence-corrected chi connectivity index (χ0v) is 46.5. The number of aliphatic hydroxyl groups is 3. The topological polar surface area (TPSA) is 89.8 Å². The minimum absolute atomic E-state index is 0.380. The normalized spacial score (nSPS) is 13.5. The Morgan fingerprint density at radius 3 is 0.884 bits per heavy atom. The largest absolute Gasteiger partial charge is 0.394 e. The molecule has 0 bridgehead atoms. The van der Waals surface area contributed by atoms with Crippen LogP contribution in [0.15, 0.2) is 48.6 Å². The van der Waals surface area contributed by atoms with Gasteiger partial charge in [-0.2, -0.15) is 0 Å². The monoisotopic (exact) mass is 968 g/mol. The Balaban J connectivity index is 3.56. The predicted octanol–water partition coefficient (Wildman–Crippen LogP) is 19.6. The molecule has 0 radical (unpaired) electrons. The van der Waals surface area contributed by atoms with Gasteiger partial charge in [0.05, 0.1) is 18.8 Å². The van der Waals surface area contributed by atoms with Gasteiger partial charge in [-0.15, -0.1) is 0 Å². The molecule has 0 heterocycles. The van der Waals surface area contributed by atoms with Crippen molar-refractivity contribution in [1.29, 1.82) is 0 Å². The molecule has 4 N–H and O–H groups in total. The van der Waals surface area contributed by atoms with Crippen LogP contribution in [0.25, 0.3) is 0 Å². The van der Waals surface area contributed by atoms with E-state index < -0.39 is 24.2 Å². The van der Waals surface area contributed by atoms with Gasteiger partial charge in [0.2, 0.25) is 5.91 Å². The number of nitrogens with one attached hydrogen (secondary N) is 1. The molecule has 0 aromatic rings. The van der Waals surface area contributed by atoms with E-state index in [1.807, 2.05) is 6.08 Å². The molecule has 3 unspecified atom stereocenters. The van der Waals surface area contributed by atoms with E-state index in [2.05, 4.69) is 55.6 Å². The summed E-state index contributed by atoms with van der Waals surface area (Å²) in [6.07, 6.45) is 79.4. The van der Waals surface area contributed by atoms with Crippen LogP contribution in [0.1, 0.15) is 328 Å². The predicted molar refractivity (Wildman–Crippen MR) is 305 cm³/mol. The van der Waals surface area contributed by atoms with Gasteiger partial charge in [0.25, 0.3) is 0 Å². The van der Waals surface area contributed by atoms with Crippen molar-refractivity contribution in [1.82, 2.24) is 5.32 Å². The Morgan fingerprint density at radius 1 is 0.348 bits per heavy atom. The van der Waals surface area contributed by atoms with Crippen LogP contribution in [-0.2, 0) is 4.79 Å². The number of amides is 1. The molecule has 0 spiro atoms. The smallest absolute Gasteiger partial charge is 0.249 e. The van der Waals surface area contributed by atoms with Gasteiger partial charge in [-0.25, -0.2) is 0 Å². The first-order chi connectivity index (χ1) is 34.1. The maximum atomic E-state index is 12.6. The Kier molecular flexibility index (Phi) is 57.4. The van der Waals surface area contributed by atoms with Crippen LogP contribution in [0.4, 0.5) is 0 Å². The van der Waals surface area contributed by atoms with Gasteiger partial charge in [0.1, 0.15) is 6.10 Å². The van der Waals surface area contributed by atoms with Crippen LogP contribution in [0, 0.1) is 0 Å². The van der Waals surface area contributed by atoms with Crippen LogP contribution in [-0.4, -0.2) is 46.1 Å². The number of rotatable bonds is 57. The zero-order chi connectivity index (χ0) is 50.0. The molecule has 0 aromatic carbocycles. The molecular weight excluding hydrogens is 847 g/mol. The molecule has 0 saturated heterocycles. The van der Waals surface area contributed by atoms with Crippen LogP contribution in [0.2, 0.25) is 0 Å². The first-order valence-electron chi connectivity index (χ1n) is 31.0. The molecule has 0 aromatic heterocycles. The summed E-state index contributed by atoms with van der Waals surface area (Å²) in [6.45, 7) is 4.20. The third kappa shape index (κ3) is 53.9. The van der Waals surface area contributed by atoms with Gasteiger partial charge in [-0.3, -0.25) is 4.79 Å². The van der Waals surface area contributed by atoms with E-state index in [1.54, 1.807) is 6.08 Å². The standard InChI is InChI=1S/C64H121NO4/c1-3-5-7-9-11-13-15-17-19-21-23-25-26-27-28-29-30-31-32-33-34-35-36-37-39-41-43-45-47-49-51-53-55-57-59-63(68)64(69)65-61(60-66)62(67)58-56-54-52-50-48-46-44-42-40-38-24-22-20-18-16-14-12-10-8-6-4-2/h29-30,40,42,48,50,56,58,61-63,66-68H,3-28,31-39,41,43-47,49,51-55,57,59-60H2,1-2H3,(H,65,69)/b30-29-,42-40+,50-48+,58-56+. The maximum Gasteiger partial charge on any atom is 0.249 e. The van der Waals surface area contributed by atoms with Crippen LogP contribution in [0.3, 0.4) is 0 Å². The number of carbonyl (C=O) groups is 1. The minimum atomic E-state index is -1.11. The molecule has 5 heteroatoms. The van der Waals surface area contributed by atoms with Crippen molar-refractivity contribution in [2.24, 2.45) is 0 Å². The van der Waals surface area contributed by atoms with Crippen molar-refractivity contribution in [3.05, 3.63) is 48.6 Å². The summed E-state index contributed by atoms with van der Waals surface area (Å²) in [7, 11) is 0. The first kappa shape index (κ1) is 67.3. The fourth-order valence-corrected chi connectivity index (χ4v) is 9.57. The maximum absolute atomic E-state index is 12.6. The molecule has 5 nitrogen and oxygen atoms in total. The first-order valence-corrected chi connectivity index (χ1v) is 31.0. The summed E-state index contributed by atoms with van der Waals surface area (Å²) in [4.78, 5) is 12.6. The van der Waals surface area contributed by atoms with Crippen molar-refractivity contribution >= 4 is 5.91 Å². The third-order valence-electron chi connectivity index (χ3n) is 14.4. The Bertz CT molecular complexity index is 1110. The highest BCUT2D eigenvalue weighted by Crippen LogP contribution is 2.17. The molecule has 69 heavy (non-hydrogen) atoms. The lowest BCUT2D eigenvalue weighted by molar-refractivity contribution is -0.131. The fraction of sp³-hybridized carbons (Fsp3) is 0.859. The quantitative estimate of drug-likeness (QED) is 0.0361. The second-order valence-electron chi connectivity index (χ2n) is 21.2. The number of carbonyl (C=O) groups excluding carboxylic acids is 1. The van der Waals surface area contributed by atoms with Crippen LogP contribution >= 0.6 is 0 Å². The van der Waals surface area contributed by atoms with Crippen molar-refractivity contribution < 1.29 is 20.1 Å². The Morgan fingerprint density at radius 2 is 0.594 bits per heavy atom. The number of aliphatic hydroxyl groups excluding tert-OH is 3. The van der Waals surface area contributed by atoms with Crippen molar-refractivity contribution in [2.75, 3.05) is 6.61 Å². The highest BCUT2D eigenvalue weighted by molar-refractivity contribution is 5.80. The van der Waals surface area contributed by atoms with Gasteiger partial charge >= 0.3 is 0 Å². The minimum Gasteiger partial charge on any atom is -0.394 e. The molecule has 0 saturated carbocycles. The van der Waals surface area contributed by atoms with E-state index in [4.69, 9.17) is 0 Å². The Labute approximate surface area is 431 Å². The lowest BCUT2D eigenvalue weighted by Crippen LogP contribution is -2.48. The average Bonchev–Trinajstić information content (AvgIpc) is 3.35. The molecule has 1 amide bonds. The van der Waals surface area contributed by atoms with E-state index in [-0.39, 0.29) is 6.61 Å². The molecule has 0 aliphatic heterocycles. The van der Waals surface area contributed by atoms with E-state index in [1.165, 1.54) is 263 Å². The molecular formula is C64H121NO4. The molecule has 406 valence electrons. The average molecular weight is 969 g/mol. The van der Waals surface area contributed by atoms with Gasteiger partial charge in [-0.05, 0) is 70.6 Å². The van der Waals surface area contributed by atoms with Crippen molar-refractivity contribution in [3.63, 3.8) is 0 Å². The lowest BCUT2D eigenvalue weighted by atomic mass is 10.0. The van der Waals surface area contributed by atoms with Crippen LogP contribution < -0.4 is 5.32 Å². The summed E-state index contributed by atoms with van der Waals surface area (Å²) < 4.78 is 0. The number of unbranched alkanes of at least 4 members (excludes halogenated alkanes) is 43. The summed E-state index contributed by atoms with van der Waals surface area (Å²) in [5.74, 6) is -0.513. The summed E-state index contributed by atoms with van der Waals surface area (Å²) in [5, 5.41) is 33.4. The zero-order valence-electron chi connectivity index (χ0n) is 46.5. The van der Waals surface area contributed by atoms with E-state index in [0.717, 1.165) is 44.9 Å². The highest BCUT2D eigenvalue weighted by Gasteiger charge is 2.22.